The number of ketones is 1. The molecule has 0 bridgehead atoms. The summed E-state index contributed by atoms with van der Waals surface area (Å²) in [5.41, 5.74) is 0.423. The minimum atomic E-state index is -0.993. The van der Waals surface area contributed by atoms with Crippen LogP contribution in [0.4, 0.5) is 4.39 Å². The van der Waals surface area contributed by atoms with Crippen LogP contribution in [0.15, 0.2) is 54.1 Å². The summed E-state index contributed by atoms with van der Waals surface area (Å²) in [6, 6.07) is 11.6. The number of halogens is 1. The van der Waals surface area contributed by atoms with Crippen LogP contribution in [0.1, 0.15) is 31.0 Å². The van der Waals surface area contributed by atoms with Gasteiger partial charge in [0.05, 0.1) is 44.9 Å². The van der Waals surface area contributed by atoms with E-state index in [1.165, 1.54) is 17.0 Å². The van der Waals surface area contributed by atoms with Crippen molar-refractivity contribution in [3.8, 4) is 5.75 Å². The smallest absolute Gasteiger partial charge is 0.295 e. The van der Waals surface area contributed by atoms with Crippen molar-refractivity contribution >= 4 is 17.4 Å². The summed E-state index contributed by atoms with van der Waals surface area (Å²) in [5, 5.41) is 11.0. The van der Waals surface area contributed by atoms with E-state index in [0.717, 1.165) is 4.90 Å². The number of hydrogen-bond acceptors (Lipinski definition) is 4. The fourth-order valence-corrected chi connectivity index (χ4v) is 3.59. The predicted molar refractivity (Wildman–Crippen MR) is 115 cm³/mol. The molecule has 0 radical (unpaired) electrons. The highest BCUT2D eigenvalue weighted by atomic mass is 19.1. The van der Waals surface area contributed by atoms with Crippen molar-refractivity contribution in [1.82, 2.24) is 4.90 Å². The van der Waals surface area contributed by atoms with Crippen LogP contribution in [0.3, 0.4) is 0 Å². The number of quaternary nitrogens is 1. The molecule has 0 aromatic heterocycles. The van der Waals surface area contributed by atoms with Gasteiger partial charge in [-0.2, -0.15) is 0 Å². The van der Waals surface area contributed by atoms with Crippen molar-refractivity contribution in [3.05, 3.63) is 71.0 Å². The molecule has 3 rings (SSSR count). The third kappa shape index (κ3) is 4.77. The van der Waals surface area contributed by atoms with Crippen LogP contribution in [0, 0.1) is 5.82 Å². The van der Waals surface area contributed by atoms with E-state index in [4.69, 9.17) is 4.74 Å². The van der Waals surface area contributed by atoms with Crippen molar-refractivity contribution in [3.63, 3.8) is 0 Å². The lowest BCUT2D eigenvalue weighted by Gasteiger charge is -2.26. The first kappa shape index (κ1) is 22.5. The Morgan fingerprint density at radius 2 is 1.77 bits per heavy atom. The third-order valence-corrected chi connectivity index (χ3v) is 5.09. The van der Waals surface area contributed by atoms with Gasteiger partial charge in [-0.05, 0) is 44.2 Å². The van der Waals surface area contributed by atoms with Gasteiger partial charge in [-0.3, -0.25) is 9.59 Å². The number of ether oxygens (including phenoxy) is 1. The van der Waals surface area contributed by atoms with Gasteiger partial charge >= 0.3 is 0 Å². The number of likely N-dealkylation sites (tertiary alicyclic amines) is 1. The molecule has 1 saturated heterocycles. The van der Waals surface area contributed by atoms with Gasteiger partial charge in [0, 0.05) is 11.1 Å². The van der Waals surface area contributed by atoms with E-state index < -0.39 is 23.5 Å². The summed E-state index contributed by atoms with van der Waals surface area (Å²) in [4.78, 5) is 28.2. The SMILES string of the molecule is CC(C)Oc1ccc(C(O)=C2C(=O)C(=O)N(CC[NH+](C)C)[C@H]2c2ccccc2F)cc1. The Hall–Kier alpha value is -3.19. The van der Waals surface area contributed by atoms with E-state index in [1.54, 1.807) is 36.4 Å². The normalized spacial score (nSPS) is 18.3. The first-order chi connectivity index (χ1) is 14.7. The summed E-state index contributed by atoms with van der Waals surface area (Å²) in [7, 11) is 3.85. The standard InChI is InChI=1S/C24H27FN2O4/c1-15(2)31-17-11-9-16(10-12-17)22(28)20-21(18-7-5-6-8-19(18)25)27(14-13-26(3)4)24(30)23(20)29/h5-12,15,21,28H,13-14H2,1-4H3/p+1/t21-/m0/s1. The van der Waals surface area contributed by atoms with Gasteiger partial charge in [-0.15, -0.1) is 0 Å². The molecule has 0 unspecified atom stereocenters. The van der Waals surface area contributed by atoms with E-state index in [2.05, 4.69) is 0 Å². The van der Waals surface area contributed by atoms with Gasteiger partial charge in [-0.1, -0.05) is 18.2 Å². The largest absolute Gasteiger partial charge is 0.507 e. The lowest BCUT2D eigenvalue weighted by Crippen LogP contribution is -3.06. The summed E-state index contributed by atoms with van der Waals surface area (Å²) < 4.78 is 20.3. The predicted octanol–water partition coefficient (Wildman–Crippen LogP) is 2.18. The number of aliphatic hydroxyl groups excluding tert-OH is 1. The van der Waals surface area contributed by atoms with Gasteiger partial charge < -0.3 is 19.6 Å². The summed E-state index contributed by atoms with van der Waals surface area (Å²) in [5.74, 6) is -1.81. The van der Waals surface area contributed by atoms with E-state index in [0.29, 0.717) is 17.9 Å². The molecule has 1 amide bonds. The lowest BCUT2D eigenvalue weighted by atomic mass is 9.95. The molecular weight excluding hydrogens is 399 g/mol. The zero-order valence-corrected chi connectivity index (χ0v) is 18.2. The molecule has 2 N–H and O–H groups in total. The van der Waals surface area contributed by atoms with Crippen molar-refractivity contribution in [2.24, 2.45) is 0 Å². The summed E-state index contributed by atoms with van der Waals surface area (Å²) in [6.07, 6.45) is -0.00958. The average molecular weight is 427 g/mol. The minimum absolute atomic E-state index is 0.00958. The van der Waals surface area contributed by atoms with Crippen molar-refractivity contribution < 1.29 is 28.7 Å². The van der Waals surface area contributed by atoms with Gasteiger partial charge in [0.25, 0.3) is 11.7 Å². The molecule has 0 spiro atoms. The first-order valence-electron chi connectivity index (χ1n) is 10.3. The topological polar surface area (TPSA) is 71.3 Å². The molecule has 6 nitrogen and oxygen atoms in total. The van der Waals surface area contributed by atoms with Crippen LogP contribution < -0.4 is 9.64 Å². The molecule has 1 atom stereocenters. The number of benzene rings is 2. The number of hydrogen-bond donors (Lipinski definition) is 2. The average Bonchev–Trinajstić information content (AvgIpc) is 2.96. The van der Waals surface area contributed by atoms with Gasteiger partial charge in [-0.25, -0.2) is 4.39 Å². The van der Waals surface area contributed by atoms with Gasteiger partial charge in [0.15, 0.2) is 0 Å². The molecule has 1 aliphatic heterocycles. The number of likely N-dealkylation sites (N-methyl/N-ethyl adjacent to an activating group) is 1. The second-order valence-electron chi connectivity index (χ2n) is 8.16. The van der Waals surface area contributed by atoms with Crippen LogP contribution >= 0.6 is 0 Å². The Labute approximate surface area is 181 Å². The fourth-order valence-electron chi connectivity index (χ4n) is 3.59. The monoisotopic (exact) mass is 427 g/mol. The Balaban J connectivity index is 2.09. The number of amides is 1. The number of carbonyl (C=O) groups excluding carboxylic acids is 2. The van der Waals surface area contributed by atoms with Crippen LogP contribution in [-0.4, -0.2) is 55.0 Å². The number of Topliss-reactive ketones (excluding diaryl/α,β-unsaturated/α-hetero) is 1. The van der Waals surface area contributed by atoms with Crippen LogP contribution in [0.2, 0.25) is 0 Å². The van der Waals surface area contributed by atoms with Crippen LogP contribution in [0.25, 0.3) is 5.76 Å². The molecule has 0 saturated carbocycles. The Morgan fingerprint density at radius 1 is 1.13 bits per heavy atom. The number of rotatable bonds is 7. The molecule has 1 heterocycles. The highest BCUT2D eigenvalue weighted by molar-refractivity contribution is 6.46. The van der Waals surface area contributed by atoms with E-state index in [9.17, 15) is 19.1 Å². The highest BCUT2D eigenvalue weighted by Gasteiger charge is 2.47. The van der Waals surface area contributed by atoms with E-state index in [-0.39, 0.29) is 29.5 Å². The number of aliphatic hydroxyl groups is 1. The molecule has 7 heteroatoms. The number of nitrogens with one attached hydrogen (secondary N) is 1. The maximum absolute atomic E-state index is 14.7. The summed E-state index contributed by atoms with van der Waals surface area (Å²) in [6.45, 7) is 4.63. The zero-order valence-electron chi connectivity index (χ0n) is 18.2. The van der Waals surface area contributed by atoms with Crippen LogP contribution in [0.5, 0.6) is 5.75 Å². The minimum Gasteiger partial charge on any atom is -0.507 e. The maximum atomic E-state index is 14.7. The second-order valence-corrected chi connectivity index (χ2v) is 8.16. The molecule has 164 valence electrons. The number of carbonyl (C=O) groups is 2. The van der Waals surface area contributed by atoms with E-state index in [1.807, 2.05) is 27.9 Å². The Morgan fingerprint density at radius 3 is 2.35 bits per heavy atom. The first-order valence-corrected chi connectivity index (χ1v) is 10.3. The van der Waals surface area contributed by atoms with Crippen LogP contribution in [-0.2, 0) is 9.59 Å². The van der Waals surface area contributed by atoms with Crippen molar-refractivity contribution in [1.29, 1.82) is 0 Å². The van der Waals surface area contributed by atoms with Crippen molar-refractivity contribution in [2.45, 2.75) is 26.0 Å². The molecule has 0 aliphatic carbocycles. The quantitative estimate of drug-likeness (QED) is 0.404. The van der Waals surface area contributed by atoms with Gasteiger partial charge in [0.2, 0.25) is 0 Å². The highest BCUT2D eigenvalue weighted by Crippen LogP contribution is 2.40. The summed E-state index contributed by atoms with van der Waals surface area (Å²) >= 11 is 0. The fraction of sp³-hybridized carbons (Fsp3) is 0.333. The van der Waals surface area contributed by atoms with Crippen molar-refractivity contribution in [2.75, 3.05) is 27.2 Å². The Kier molecular flexibility index (Phi) is 6.75. The molecule has 31 heavy (non-hydrogen) atoms. The molecule has 2 aromatic rings. The lowest BCUT2D eigenvalue weighted by molar-refractivity contribution is -0.857. The second kappa shape index (κ2) is 9.31. The molecule has 1 aliphatic rings. The Bertz CT molecular complexity index is 999. The molecule has 1 fully saturated rings. The zero-order chi connectivity index (χ0) is 22.7. The maximum Gasteiger partial charge on any atom is 0.295 e. The molecule has 2 aromatic carbocycles. The van der Waals surface area contributed by atoms with Gasteiger partial charge in [0.1, 0.15) is 17.3 Å². The molecular formula is C24H28FN2O4+. The third-order valence-electron chi connectivity index (χ3n) is 5.09. The number of nitrogens with zero attached hydrogens (tertiary/aromatic N) is 1. The van der Waals surface area contributed by atoms with E-state index >= 15 is 0 Å².